The normalized spacial score (nSPS) is 14.5. The van der Waals surface area contributed by atoms with Gasteiger partial charge in [-0.3, -0.25) is 14.5 Å². The Kier molecular flexibility index (Phi) is 7.86. The van der Waals surface area contributed by atoms with E-state index >= 15 is 0 Å². The fraction of sp³-hybridized carbons (Fsp3) is 0.500. The number of piperazine rings is 1. The van der Waals surface area contributed by atoms with Crippen molar-refractivity contribution in [1.82, 2.24) is 14.8 Å². The highest BCUT2D eigenvalue weighted by Gasteiger charge is 2.23. The molecule has 2 heterocycles. The van der Waals surface area contributed by atoms with Gasteiger partial charge in [0.05, 0.1) is 17.6 Å². The molecule has 0 spiro atoms. The summed E-state index contributed by atoms with van der Waals surface area (Å²) in [6, 6.07) is 6.73. The van der Waals surface area contributed by atoms with Crippen LogP contribution in [0.25, 0.3) is 10.9 Å². The number of carboxylic acid groups (broad SMARTS) is 1. The van der Waals surface area contributed by atoms with Crippen LogP contribution >= 0.6 is 0 Å². The average molecular weight is 456 g/mol. The van der Waals surface area contributed by atoms with Gasteiger partial charge in [-0.2, -0.15) is 0 Å². The summed E-state index contributed by atoms with van der Waals surface area (Å²) in [6.07, 6.45) is 0. The van der Waals surface area contributed by atoms with E-state index in [0.717, 1.165) is 0 Å². The molecule has 9 nitrogen and oxygen atoms in total. The number of benzene rings is 1. The van der Waals surface area contributed by atoms with Crippen LogP contribution in [0.2, 0.25) is 0 Å². The molecule has 1 fully saturated rings. The second-order valence-electron chi connectivity index (χ2n) is 8.54. The number of anilines is 2. The van der Waals surface area contributed by atoms with E-state index in [1.54, 1.807) is 38.1 Å². The number of likely N-dealkylation sites (N-methyl/N-ethyl adjacent to an activating group) is 1. The van der Waals surface area contributed by atoms with Crippen molar-refractivity contribution in [2.45, 2.75) is 27.7 Å². The molecule has 0 aliphatic carbocycles. The van der Waals surface area contributed by atoms with E-state index in [9.17, 15) is 19.5 Å². The van der Waals surface area contributed by atoms with Gasteiger partial charge in [0.15, 0.2) is 0 Å². The van der Waals surface area contributed by atoms with Crippen molar-refractivity contribution < 1.29 is 19.5 Å². The van der Waals surface area contributed by atoms with Gasteiger partial charge in [-0.15, -0.1) is 0 Å². The number of amides is 2. The van der Waals surface area contributed by atoms with Crippen LogP contribution in [0.15, 0.2) is 24.3 Å². The summed E-state index contributed by atoms with van der Waals surface area (Å²) in [4.78, 5) is 47.1. The van der Waals surface area contributed by atoms with Crippen molar-refractivity contribution in [3.05, 3.63) is 29.8 Å². The van der Waals surface area contributed by atoms with Crippen LogP contribution in [0.3, 0.4) is 0 Å². The van der Waals surface area contributed by atoms with Gasteiger partial charge in [0, 0.05) is 56.3 Å². The van der Waals surface area contributed by atoms with E-state index in [2.05, 4.69) is 15.1 Å². The van der Waals surface area contributed by atoms with Gasteiger partial charge in [-0.05, 0) is 38.1 Å². The first-order chi connectivity index (χ1) is 15.7. The number of hydrogen-bond acceptors (Lipinski definition) is 6. The number of carbonyl (C=O) groups excluding carboxylic acids is 2. The molecule has 0 bridgehead atoms. The summed E-state index contributed by atoms with van der Waals surface area (Å²) in [7, 11) is 0. The lowest BCUT2D eigenvalue weighted by molar-refractivity contribution is -0.132. The second-order valence-corrected chi connectivity index (χ2v) is 8.54. The zero-order valence-electron chi connectivity index (χ0n) is 19.8. The number of carbonyl (C=O) groups is 3. The molecule has 9 heteroatoms. The smallest absolute Gasteiger partial charge is 0.336 e. The third kappa shape index (κ3) is 5.78. The highest BCUT2D eigenvalue weighted by Crippen LogP contribution is 2.27. The van der Waals surface area contributed by atoms with Crippen LogP contribution in [0, 0.1) is 5.92 Å². The molecule has 1 aromatic carbocycles. The number of hydrogen-bond donors (Lipinski definition) is 2. The Morgan fingerprint density at radius 1 is 1.09 bits per heavy atom. The first kappa shape index (κ1) is 24.4. The van der Waals surface area contributed by atoms with Crippen LogP contribution in [0.1, 0.15) is 38.1 Å². The molecule has 178 valence electrons. The molecule has 1 aliphatic heterocycles. The van der Waals surface area contributed by atoms with Crippen molar-refractivity contribution >= 4 is 40.2 Å². The lowest BCUT2D eigenvalue weighted by Gasteiger charge is -2.36. The number of rotatable bonds is 8. The second kappa shape index (κ2) is 10.6. The van der Waals surface area contributed by atoms with Gasteiger partial charge in [0.2, 0.25) is 11.8 Å². The maximum absolute atomic E-state index is 12.4. The molecule has 0 saturated carbocycles. The number of nitrogens with zero attached hydrogens (tertiary/aromatic N) is 4. The Morgan fingerprint density at radius 3 is 2.33 bits per heavy atom. The lowest BCUT2D eigenvalue weighted by atomic mass is 10.1. The van der Waals surface area contributed by atoms with Crippen molar-refractivity contribution in [2.75, 3.05) is 56.0 Å². The van der Waals surface area contributed by atoms with Gasteiger partial charge >= 0.3 is 5.97 Å². The largest absolute Gasteiger partial charge is 0.478 e. The van der Waals surface area contributed by atoms with Crippen molar-refractivity contribution in [2.24, 2.45) is 5.92 Å². The maximum Gasteiger partial charge on any atom is 0.336 e. The van der Waals surface area contributed by atoms with Crippen molar-refractivity contribution in [1.29, 1.82) is 0 Å². The van der Waals surface area contributed by atoms with E-state index < -0.39 is 5.97 Å². The lowest BCUT2D eigenvalue weighted by Crippen LogP contribution is -2.50. The first-order valence-electron chi connectivity index (χ1n) is 11.5. The standard InChI is InChI=1S/C24H33N5O4/c1-5-28(6-2)22(30)15-27-9-11-29(12-10-27)21-14-19(24(32)33)18-13-17(7-8-20(18)26-21)25-23(31)16(3)4/h7-8,13-14,16H,5-6,9-12,15H2,1-4H3,(H,25,31)(H,32,33). The predicted molar refractivity (Wildman–Crippen MR) is 129 cm³/mol. The Hall–Kier alpha value is -3.20. The Bertz CT molecular complexity index is 1030. The number of aromatic carboxylic acids is 1. The third-order valence-corrected chi connectivity index (χ3v) is 5.99. The summed E-state index contributed by atoms with van der Waals surface area (Å²) < 4.78 is 0. The quantitative estimate of drug-likeness (QED) is 0.630. The molecule has 0 radical (unpaired) electrons. The minimum atomic E-state index is -1.04. The summed E-state index contributed by atoms with van der Waals surface area (Å²) >= 11 is 0. The highest BCUT2D eigenvalue weighted by atomic mass is 16.4. The molecule has 0 atom stereocenters. The van der Waals surface area contributed by atoms with Crippen LogP contribution in [0.5, 0.6) is 0 Å². The fourth-order valence-corrected chi connectivity index (χ4v) is 3.92. The molecular weight excluding hydrogens is 422 g/mol. The van der Waals surface area contributed by atoms with Crippen LogP contribution in [-0.4, -0.2) is 83.5 Å². The number of pyridine rings is 1. The van der Waals surface area contributed by atoms with Crippen molar-refractivity contribution in [3.8, 4) is 0 Å². The topological polar surface area (TPSA) is 106 Å². The van der Waals surface area contributed by atoms with Crippen LogP contribution in [0.4, 0.5) is 11.5 Å². The SMILES string of the molecule is CCN(CC)C(=O)CN1CCN(c2cc(C(=O)O)c3cc(NC(=O)C(C)C)ccc3n2)CC1. The molecule has 0 unspecified atom stereocenters. The zero-order chi connectivity index (χ0) is 24.1. The molecule has 33 heavy (non-hydrogen) atoms. The van der Waals surface area contributed by atoms with Gasteiger partial charge in [-0.1, -0.05) is 13.8 Å². The van der Waals surface area contributed by atoms with E-state index in [-0.39, 0.29) is 23.3 Å². The molecule has 2 N–H and O–H groups in total. The molecule has 1 aliphatic rings. The number of aromatic nitrogens is 1. The van der Waals surface area contributed by atoms with Crippen LogP contribution < -0.4 is 10.2 Å². The van der Waals surface area contributed by atoms with E-state index in [1.807, 2.05) is 18.7 Å². The van der Waals surface area contributed by atoms with Gasteiger partial charge in [-0.25, -0.2) is 9.78 Å². The van der Waals surface area contributed by atoms with Crippen LogP contribution in [-0.2, 0) is 9.59 Å². The highest BCUT2D eigenvalue weighted by molar-refractivity contribution is 6.05. The van der Waals surface area contributed by atoms with Gasteiger partial charge < -0.3 is 20.2 Å². The molecular formula is C24H33N5O4. The van der Waals surface area contributed by atoms with E-state index in [1.165, 1.54) is 0 Å². The maximum atomic E-state index is 12.4. The van der Waals surface area contributed by atoms with Gasteiger partial charge in [0.25, 0.3) is 0 Å². The van der Waals surface area contributed by atoms with Gasteiger partial charge in [0.1, 0.15) is 5.82 Å². The Morgan fingerprint density at radius 2 is 1.76 bits per heavy atom. The molecule has 2 aromatic rings. The summed E-state index contributed by atoms with van der Waals surface area (Å²) in [5, 5.41) is 13.1. The minimum absolute atomic E-state index is 0.130. The third-order valence-electron chi connectivity index (χ3n) is 5.99. The first-order valence-corrected chi connectivity index (χ1v) is 11.5. The Labute approximate surface area is 194 Å². The summed E-state index contributed by atoms with van der Waals surface area (Å²) in [5.41, 5.74) is 1.26. The average Bonchev–Trinajstić information content (AvgIpc) is 2.79. The minimum Gasteiger partial charge on any atom is -0.478 e. The number of carboxylic acids is 1. The molecule has 2 amide bonds. The number of nitrogens with one attached hydrogen (secondary N) is 1. The Balaban J connectivity index is 1.77. The fourth-order valence-electron chi connectivity index (χ4n) is 3.92. The predicted octanol–water partition coefficient (Wildman–Crippen LogP) is 2.52. The monoisotopic (exact) mass is 455 g/mol. The molecule has 1 aromatic heterocycles. The van der Waals surface area contributed by atoms with E-state index in [0.29, 0.717) is 68.2 Å². The number of fused-ring (bicyclic) bond motifs is 1. The van der Waals surface area contributed by atoms with E-state index in [4.69, 9.17) is 4.98 Å². The molecule has 3 rings (SSSR count). The zero-order valence-corrected chi connectivity index (χ0v) is 19.8. The summed E-state index contributed by atoms with van der Waals surface area (Å²) in [5.74, 6) is -0.617. The summed E-state index contributed by atoms with van der Waals surface area (Å²) in [6.45, 7) is 12.1. The molecule has 1 saturated heterocycles. The van der Waals surface area contributed by atoms with Crippen molar-refractivity contribution in [3.63, 3.8) is 0 Å².